The lowest BCUT2D eigenvalue weighted by Gasteiger charge is -2.14. The number of benzene rings is 2. The highest BCUT2D eigenvalue weighted by Crippen LogP contribution is 2.44. The van der Waals surface area contributed by atoms with Crippen molar-refractivity contribution in [2.75, 3.05) is 19.7 Å². The van der Waals surface area contributed by atoms with Gasteiger partial charge in [-0.3, -0.25) is 4.79 Å². The lowest BCUT2D eigenvalue weighted by molar-refractivity contribution is -0.146. The second-order valence-electron chi connectivity index (χ2n) is 6.66. The van der Waals surface area contributed by atoms with Crippen LogP contribution in [0.4, 0.5) is 4.79 Å². The Labute approximate surface area is 167 Å². The molecule has 0 bridgehead atoms. The van der Waals surface area contributed by atoms with Crippen LogP contribution in [0.25, 0.3) is 11.1 Å². The molecule has 1 aliphatic rings. The largest absolute Gasteiger partial charge is 0.479 e. The molecule has 0 spiro atoms. The Bertz CT molecular complexity index is 868. The molecule has 0 radical (unpaired) electrons. The van der Waals surface area contributed by atoms with Crippen LogP contribution in [0.1, 0.15) is 23.5 Å². The van der Waals surface area contributed by atoms with E-state index in [-0.39, 0.29) is 32.0 Å². The third-order valence-electron chi connectivity index (χ3n) is 4.74. The molecule has 4 N–H and O–H groups in total. The van der Waals surface area contributed by atoms with Crippen molar-refractivity contribution in [2.45, 2.75) is 18.4 Å². The van der Waals surface area contributed by atoms with Gasteiger partial charge in [0.1, 0.15) is 6.61 Å². The molecule has 1 atom stereocenters. The fourth-order valence-corrected chi connectivity index (χ4v) is 3.31. The van der Waals surface area contributed by atoms with Crippen LogP contribution in [0.3, 0.4) is 0 Å². The number of ether oxygens (including phenoxy) is 1. The number of fused-ring (bicyclic) bond motifs is 3. The first-order chi connectivity index (χ1) is 14.0. The summed E-state index contributed by atoms with van der Waals surface area (Å²) in [5.74, 6) is -1.94. The average Bonchev–Trinajstić information content (AvgIpc) is 3.04. The third-order valence-corrected chi connectivity index (χ3v) is 4.74. The number of aliphatic carboxylic acids is 1. The molecule has 1 aliphatic carbocycles. The van der Waals surface area contributed by atoms with Crippen LogP contribution in [-0.4, -0.2) is 54.0 Å². The Balaban J connectivity index is 1.46. The lowest BCUT2D eigenvalue weighted by atomic mass is 9.98. The number of carbonyl (C=O) groups excluding carboxylic acids is 2. The number of hydrogen-bond acceptors (Lipinski definition) is 5. The Morgan fingerprint density at radius 1 is 0.966 bits per heavy atom. The molecule has 8 heteroatoms. The number of carbonyl (C=O) groups is 3. The van der Waals surface area contributed by atoms with Gasteiger partial charge in [0.2, 0.25) is 5.91 Å². The van der Waals surface area contributed by atoms with E-state index < -0.39 is 24.1 Å². The van der Waals surface area contributed by atoms with Gasteiger partial charge >= 0.3 is 12.1 Å². The van der Waals surface area contributed by atoms with E-state index in [4.69, 9.17) is 14.9 Å². The molecule has 2 amide bonds. The van der Waals surface area contributed by atoms with Crippen LogP contribution in [0, 0.1) is 0 Å². The predicted molar refractivity (Wildman–Crippen MR) is 104 cm³/mol. The summed E-state index contributed by atoms with van der Waals surface area (Å²) in [7, 11) is 0. The van der Waals surface area contributed by atoms with E-state index in [1.165, 1.54) is 0 Å². The van der Waals surface area contributed by atoms with Crippen LogP contribution in [0.5, 0.6) is 0 Å². The number of alkyl carbamates (subject to hydrolysis) is 1. The number of nitrogens with one attached hydrogen (secondary N) is 2. The summed E-state index contributed by atoms with van der Waals surface area (Å²) in [6.07, 6.45) is -2.35. The van der Waals surface area contributed by atoms with E-state index in [0.717, 1.165) is 22.3 Å². The third kappa shape index (κ3) is 4.91. The van der Waals surface area contributed by atoms with Crippen LogP contribution in [0.15, 0.2) is 48.5 Å². The molecular weight excluding hydrogens is 376 g/mol. The zero-order valence-corrected chi connectivity index (χ0v) is 15.6. The topological polar surface area (TPSA) is 125 Å². The second kappa shape index (κ2) is 9.20. The number of hydrogen-bond donors (Lipinski definition) is 4. The highest BCUT2D eigenvalue weighted by molar-refractivity contribution is 5.80. The van der Waals surface area contributed by atoms with Gasteiger partial charge in [0, 0.05) is 18.9 Å². The molecule has 0 aliphatic heterocycles. The van der Waals surface area contributed by atoms with E-state index in [1.807, 2.05) is 48.5 Å². The molecule has 0 aromatic heterocycles. The summed E-state index contributed by atoms with van der Waals surface area (Å²) >= 11 is 0. The summed E-state index contributed by atoms with van der Waals surface area (Å²) in [5, 5.41) is 22.4. The minimum absolute atomic E-state index is 0.0334. The fraction of sp³-hybridized carbons (Fsp3) is 0.286. The van der Waals surface area contributed by atoms with E-state index in [2.05, 4.69) is 10.6 Å². The second-order valence-corrected chi connectivity index (χ2v) is 6.66. The van der Waals surface area contributed by atoms with Crippen LogP contribution < -0.4 is 10.6 Å². The number of amides is 2. The van der Waals surface area contributed by atoms with Gasteiger partial charge in [0.25, 0.3) is 0 Å². The first-order valence-corrected chi connectivity index (χ1v) is 9.23. The molecule has 0 unspecified atom stereocenters. The monoisotopic (exact) mass is 398 g/mol. The summed E-state index contributed by atoms with van der Waals surface area (Å²) < 4.78 is 5.35. The van der Waals surface area contributed by atoms with Crippen molar-refractivity contribution in [3.05, 3.63) is 59.7 Å². The Kier molecular flexibility index (Phi) is 6.46. The van der Waals surface area contributed by atoms with Gasteiger partial charge in [-0.1, -0.05) is 48.5 Å². The van der Waals surface area contributed by atoms with Gasteiger partial charge in [-0.2, -0.15) is 0 Å². The Morgan fingerprint density at radius 3 is 2.14 bits per heavy atom. The maximum atomic E-state index is 12.0. The number of rotatable bonds is 8. The number of carboxylic acids is 1. The quantitative estimate of drug-likeness (QED) is 0.534. The molecule has 0 heterocycles. The molecule has 0 fully saturated rings. The van der Waals surface area contributed by atoms with Crippen molar-refractivity contribution in [1.82, 2.24) is 10.6 Å². The van der Waals surface area contributed by atoms with Crippen molar-refractivity contribution in [2.24, 2.45) is 0 Å². The van der Waals surface area contributed by atoms with Crippen LogP contribution >= 0.6 is 0 Å². The van der Waals surface area contributed by atoms with Gasteiger partial charge in [-0.05, 0) is 22.3 Å². The van der Waals surface area contributed by atoms with Crippen molar-refractivity contribution < 1.29 is 29.3 Å². The summed E-state index contributed by atoms with van der Waals surface area (Å²) in [6, 6.07) is 16.0. The SMILES string of the molecule is O=C(CCNC(=O)OCC1c2ccccc2-c2ccccc21)NC[C@H](O)C(=O)O. The number of aliphatic hydroxyl groups is 1. The summed E-state index contributed by atoms with van der Waals surface area (Å²) in [5.41, 5.74) is 4.49. The molecule has 152 valence electrons. The lowest BCUT2D eigenvalue weighted by Crippen LogP contribution is -2.38. The van der Waals surface area contributed by atoms with E-state index in [0.29, 0.717) is 0 Å². The first kappa shape index (κ1) is 20.3. The summed E-state index contributed by atoms with van der Waals surface area (Å²) in [4.78, 5) is 34.0. The molecule has 8 nitrogen and oxygen atoms in total. The predicted octanol–water partition coefficient (Wildman–Crippen LogP) is 1.48. The van der Waals surface area contributed by atoms with E-state index in [9.17, 15) is 14.4 Å². The maximum Gasteiger partial charge on any atom is 0.407 e. The molecule has 3 rings (SSSR count). The molecule has 29 heavy (non-hydrogen) atoms. The number of aliphatic hydroxyl groups excluding tert-OH is 1. The molecule has 2 aromatic carbocycles. The van der Waals surface area contributed by atoms with Gasteiger partial charge in [0.15, 0.2) is 6.10 Å². The van der Waals surface area contributed by atoms with Gasteiger partial charge in [0.05, 0.1) is 6.54 Å². The van der Waals surface area contributed by atoms with Crippen molar-refractivity contribution >= 4 is 18.0 Å². The van der Waals surface area contributed by atoms with Crippen molar-refractivity contribution in [3.8, 4) is 11.1 Å². The standard InChI is InChI=1S/C21H22N2O6/c24-18(20(26)27)11-23-19(25)9-10-22-21(28)29-12-17-15-7-3-1-5-13(15)14-6-2-4-8-16(14)17/h1-8,17-18,24H,9-12H2,(H,22,28)(H,23,25)(H,26,27)/t18-/m0/s1. The summed E-state index contributed by atoms with van der Waals surface area (Å²) in [6.45, 7) is -0.179. The molecule has 0 saturated carbocycles. The average molecular weight is 398 g/mol. The van der Waals surface area contributed by atoms with E-state index in [1.54, 1.807) is 0 Å². The molecular formula is C21H22N2O6. The minimum Gasteiger partial charge on any atom is -0.479 e. The molecule has 2 aromatic rings. The van der Waals surface area contributed by atoms with Gasteiger partial charge < -0.3 is 25.6 Å². The van der Waals surface area contributed by atoms with Crippen molar-refractivity contribution in [1.29, 1.82) is 0 Å². The number of carboxylic acid groups (broad SMARTS) is 1. The normalized spacial score (nSPS) is 13.1. The molecule has 0 saturated heterocycles. The van der Waals surface area contributed by atoms with Crippen LogP contribution in [-0.2, 0) is 14.3 Å². The van der Waals surface area contributed by atoms with Crippen molar-refractivity contribution in [3.63, 3.8) is 0 Å². The highest BCUT2D eigenvalue weighted by Gasteiger charge is 2.28. The van der Waals surface area contributed by atoms with E-state index >= 15 is 0 Å². The zero-order chi connectivity index (χ0) is 20.8. The maximum absolute atomic E-state index is 12.0. The minimum atomic E-state index is -1.66. The van der Waals surface area contributed by atoms with Crippen LogP contribution in [0.2, 0.25) is 0 Å². The zero-order valence-electron chi connectivity index (χ0n) is 15.6. The smallest absolute Gasteiger partial charge is 0.407 e. The Morgan fingerprint density at radius 2 is 1.55 bits per heavy atom. The highest BCUT2D eigenvalue weighted by atomic mass is 16.5. The fourth-order valence-electron chi connectivity index (χ4n) is 3.31. The van der Waals surface area contributed by atoms with Gasteiger partial charge in [-0.15, -0.1) is 0 Å². The van der Waals surface area contributed by atoms with Gasteiger partial charge in [-0.25, -0.2) is 9.59 Å². The Hall–Kier alpha value is -3.39. The first-order valence-electron chi connectivity index (χ1n) is 9.23.